The van der Waals surface area contributed by atoms with Gasteiger partial charge in [0.25, 0.3) is 0 Å². The first kappa shape index (κ1) is 18.0. The highest BCUT2D eigenvalue weighted by atomic mass is 19.1. The zero-order chi connectivity index (χ0) is 17.6. The van der Waals surface area contributed by atoms with Crippen molar-refractivity contribution in [2.24, 2.45) is 4.99 Å². The van der Waals surface area contributed by atoms with E-state index in [9.17, 15) is 9.50 Å². The van der Waals surface area contributed by atoms with Crippen molar-refractivity contribution in [1.29, 1.82) is 0 Å². The van der Waals surface area contributed by atoms with Gasteiger partial charge in [-0.1, -0.05) is 6.07 Å². The van der Waals surface area contributed by atoms with Crippen LogP contribution in [0.5, 0.6) is 0 Å². The third-order valence-corrected chi connectivity index (χ3v) is 4.97. The Morgan fingerprint density at radius 3 is 2.60 bits per heavy atom. The van der Waals surface area contributed by atoms with Crippen molar-refractivity contribution in [3.8, 4) is 0 Å². The minimum absolute atomic E-state index is 0.199. The summed E-state index contributed by atoms with van der Waals surface area (Å²) >= 11 is 0. The maximum atomic E-state index is 14.5. The van der Waals surface area contributed by atoms with E-state index >= 15 is 0 Å². The number of nitrogens with zero attached hydrogens (tertiary/aromatic N) is 3. The molecule has 2 aliphatic heterocycles. The molecule has 0 spiro atoms. The molecule has 1 aromatic carbocycles. The summed E-state index contributed by atoms with van der Waals surface area (Å²) in [5.74, 6) is 0.727. The molecule has 2 fully saturated rings. The minimum atomic E-state index is -0.247. The molecule has 138 valence electrons. The average molecular weight is 348 g/mol. The Kier molecular flexibility index (Phi) is 6.13. The van der Waals surface area contributed by atoms with Crippen molar-refractivity contribution < 1.29 is 9.50 Å². The van der Waals surface area contributed by atoms with Gasteiger partial charge in [-0.3, -0.25) is 0 Å². The topological polar surface area (TPSA) is 51.1 Å². The van der Waals surface area contributed by atoms with Gasteiger partial charge in [0.2, 0.25) is 0 Å². The van der Waals surface area contributed by atoms with Gasteiger partial charge in [0.1, 0.15) is 5.82 Å². The van der Waals surface area contributed by atoms with Crippen LogP contribution < -0.4 is 10.2 Å². The van der Waals surface area contributed by atoms with E-state index in [4.69, 9.17) is 0 Å². The molecule has 0 atom stereocenters. The Hall–Kier alpha value is -1.82. The molecule has 3 rings (SSSR count). The Morgan fingerprint density at radius 1 is 1.24 bits per heavy atom. The highest BCUT2D eigenvalue weighted by Gasteiger charge is 2.20. The van der Waals surface area contributed by atoms with E-state index < -0.39 is 0 Å². The molecule has 2 heterocycles. The van der Waals surface area contributed by atoms with Crippen molar-refractivity contribution in [3.05, 3.63) is 29.6 Å². The predicted molar refractivity (Wildman–Crippen MR) is 99.5 cm³/mol. The lowest BCUT2D eigenvalue weighted by atomic mass is 10.1. The largest absolute Gasteiger partial charge is 0.393 e. The number of guanidine groups is 1. The van der Waals surface area contributed by atoms with E-state index in [2.05, 4.69) is 22.1 Å². The zero-order valence-electron chi connectivity index (χ0n) is 15.0. The van der Waals surface area contributed by atoms with Gasteiger partial charge in [0.05, 0.1) is 18.3 Å². The fourth-order valence-electron chi connectivity index (χ4n) is 3.53. The average Bonchev–Trinajstić information content (AvgIpc) is 3.14. The minimum Gasteiger partial charge on any atom is -0.393 e. The maximum Gasteiger partial charge on any atom is 0.194 e. The Morgan fingerprint density at radius 2 is 1.96 bits per heavy atom. The number of rotatable bonds is 4. The van der Waals surface area contributed by atoms with Crippen LogP contribution in [0.2, 0.25) is 0 Å². The second-order valence-electron chi connectivity index (χ2n) is 6.87. The summed E-state index contributed by atoms with van der Waals surface area (Å²) in [5.41, 5.74) is 1.51. The molecule has 0 unspecified atom stereocenters. The highest BCUT2D eigenvalue weighted by molar-refractivity contribution is 5.80. The van der Waals surface area contributed by atoms with Gasteiger partial charge in [-0.05, 0) is 50.3 Å². The van der Waals surface area contributed by atoms with Crippen LogP contribution in [0.25, 0.3) is 0 Å². The molecular formula is C19H29FN4O. The van der Waals surface area contributed by atoms with Crippen LogP contribution in [0.3, 0.4) is 0 Å². The Bertz CT molecular complexity index is 593. The fourth-order valence-corrected chi connectivity index (χ4v) is 3.53. The quantitative estimate of drug-likeness (QED) is 0.648. The number of halogens is 1. The predicted octanol–water partition coefficient (Wildman–Crippen LogP) is 2.35. The summed E-state index contributed by atoms with van der Waals surface area (Å²) in [6.45, 7) is 6.87. The Balaban J connectivity index is 1.66. The van der Waals surface area contributed by atoms with Crippen LogP contribution in [-0.2, 0) is 6.54 Å². The second-order valence-corrected chi connectivity index (χ2v) is 6.87. The molecule has 0 radical (unpaired) electrons. The van der Waals surface area contributed by atoms with E-state index in [0.717, 1.165) is 31.2 Å². The first-order valence-electron chi connectivity index (χ1n) is 9.42. The lowest BCUT2D eigenvalue weighted by Gasteiger charge is -2.31. The standard InChI is InChI=1S/C19H29FN4O/c1-2-21-19(24-9-3-4-10-24)22-14-15-5-6-18(17(20)13-15)23-11-7-16(25)8-12-23/h5-6,13,16,25H,2-4,7-12,14H2,1H3,(H,21,22). The second kappa shape index (κ2) is 8.52. The maximum absolute atomic E-state index is 14.5. The molecule has 0 aromatic heterocycles. The van der Waals surface area contributed by atoms with Crippen LogP contribution in [0.1, 0.15) is 38.2 Å². The van der Waals surface area contributed by atoms with Gasteiger partial charge < -0.3 is 20.2 Å². The summed E-state index contributed by atoms with van der Waals surface area (Å²) < 4.78 is 14.5. The lowest BCUT2D eigenvalue weighted by molar-refractivity contribution is 0.145. The number of hydrogen-bond acceptors (Lipinski definition) is 3. The molecule has 0 saturated carbocycles. The summed E-state index contributed by atoms with van der Waals surface area (Å²) in [5, 5.41) is 12.9. The third kappa shape index (κ3) is 4.63. The molecule has 1 aromatic rings. The van der Waals surface area contributed by atoms with Gasteiger partial charge in [0, 0.05) is 32.7 Å². The van der Waals surface area contributed by atoms with Crippen LogP contribution in [0, 0.1) is 5.82 Å². The lowest BCUT2D eigenvalue weighted by Crippen LogP contribution is -2.39. The number of hydrogen-bond donors (Lipinski definition) is 2. The van der Waals surface area contributed by atoms with Crippen molar-refractivity contribution in [1.82, 2.24) is 10.2 Å². The first-order chi connectivity index (χ1) is 12.2. The molecule has 2 N–H and O–H groups in total. The van der Waals surface area contributed by atoms with E-state index in [0.29, 0.717) is 38.2 Å². The molecule has 0 aliphatic carbocycles. The number of anilines is 1. The monoisotopic (exact) mass is 348 g/mol. The highest BCUT2D eigenvalue weighted by Crippen LogP contribution is 2.24. The number of aliphatic hydroxyl groups is 1. The number of piperidine rings is 1. The SMILES string of the molecule is CCNC(=NCc1ccc(N2CCC(O)CC2)c(F)c1)N1CCCC1. The van der Waals surface area contributed by atoms with E-state index in [-0.39, 0.29) is 11.9 Å². The molecular weight excluding hydrogens is 319 g/mol. The molecule has 0 amide bonds. The number of likely N-dealkylation sites (tertiary alicyclic amines) is 1. The number of benzene rings is 1. The van der Waals surface area contributed by atoms with Crippen molar-refractivity contribution in [3.63, 3.8) is 0 Å². The van der Waals surface area contributed by atoms with Gasteiger partial charge in [-0.25, -0.2) is 9.38 Å². The van der Waals surface area contributed by atoms with E-state index in [1.165, 1.54) is 12.8 Å². The van der Waals surface area contributed by atoms with Crippen molar-refractivity contribution in [2.75, 3.05) is 37.6 Å². The summed E-state index contributed by atoms with van der Waals surface area (Å²) in [7, 11) is 0. The summed E-state index contributed by atoms with van der Waals surface area (Å²) in [6.07, 6.45) is 3.57. The molecule has 6 heteroatoms. The summed E-state index contributed by atoms with van der Waals surface area (Å²) in [4.78, 5) is 8.97. The molecule has 0 bridgehead atoms. The van der Waals surface area contributed by atoms with Gasteiger partial charge in [0.15, 0.2) is 5.96 Å². The molecule has 2 saturated heterocycles. The molecule has 2 aliphatic rings. The number of nitrogens with one attached hydrogen (secondary N) is 1. The first-order valence-corrected chi connectivity index (χ1v) is 9.42. The van der Waals surface area contributed by atoms with Crippen LogP contribution in [0.15, 0.2) is 23.2 Å². The van der Waals surface area contributed by atoms with Gasteiger partial charge in [-0.2, -0.15) is 0 Å². The van der Waals surface area contributed by atoms with Gasteiger partial charge in [-0.15, -0.1) is 0 Å². The van der Waals surface area contributed by atoms with Crippen molar-refractivity contribution in [2.45, 2.75) is 45.3 Å². The zero-order valence-corrected chi connectivity index (χ0v) is 15.0. The fraction of sp³-hybridized carbons (Fsp3) is 0.632. The molecule has 25 heavy (non-hydrogen) atoms. The van der Waals surface area contributed by atoms with Crippen LogP contribution in [-0.4, -0.2) is 54.8 Å². The van der Waals surface area contributed by atoms with E-state index in [1.54, 1.807) is 6.07 Å². The molecule has 5 nitrogen and oxygen atoms in total. The summed E-state index contributed by atoms with van der Waals surface area (Å²) in [6, 6.07) is 5.40. The number of aliphatic imine (C=N–C) groups is 1. The third-order valence-electron chi connectivity index (χ3n) is 4.97. The van der Waals surface area contributed by atoms with Crippen LogP contribution >= 0.6 is 0 Å². The van der Waals surface area contributed by atoms with Crippen molar-refractivity contribution >= 4 is 11.6 Å². The van der Waals surface area contributed by atoms with Crippen LogP contribution in [0.4, 0.5) is 10.1 Å². The Labute approximate surface area is 149 Å². The van der Waals surface area contributed by atoms with Gasteiger partial charge >= 0.3 is 0 Å². The smallest absolute Gasteiger partial charge is 0.194 e. The number of aliphatic hydroxyl groups excluding tert-OH is 1. The van der Waals surface area contributed by atoms with E-state index in [1.807, 2.05) is 17.0 Å². The normalized spacial score (nSPS) is 19.6.